The highest BCUT2D eigenvalue weighted by Crippen LogP contribution is 2.43. The molecule has 0 rings (SSSR count). The summed E-state index contributed by atoms with van der Waals surface area (Å²) in [6.07, 6.45) is 74.4. The van der Waals surface area contributed by atoms with Gasteiger partial charge < -0.3 is 24.2 Å². The molecule has 0 aliphatic carbocycles. The Balaban J connectivity index is 4.75. The first-order valence-electron chi connectivity index (χ1n) is 33.8. The summed E-state index contributed by atoms with van der Waals surface area (Å²) in [4.78, 5) is 48.8. The first kappa shape index (κ1) is 78.9. The summed E-state index contributed by atoms with van der Waals surface area (Å²) in [5, 5.41) is 9.87. The molecular weight excluding hydrogens is 1050 g/mol. The molecule has 0 heterocycles. The fraction of sp³-hybridized carbons (Fsp3) is 0.786. The van der Waals surface area contributed by atoms with E-state index in [4.69, 9.17) is 23.3 Å². The van der Waals surface area contributed by atoms with Crippen molar-refractivity contribution in [2.24, 2.45) is 0 Å². The summed E-state index contributed by atoms with van der Waals surface area (Å²) in [7, 11) is -4.77. The van der Waals surface area contributed by atoms with Crippen molar-refractivity contribution >= 4 is 25.7 Å². The van der Waals surface area contributed by atoms with Crippen LogP contribution in [-0.4, -0.2) is 66.5 Å². The van der Waals surface area contributed by atoms with Crippen molar-refractivity contribution in [2.45, 2.75) is 328 Å². The number of unbranched alkanes of at least 4 members (excludes halogenated alkanes) is 34. The van der Waals surface area contributed by atoms with Gasteiger partial charge in [0.2, 0.25) is 0 Å². The van der Waals surface area contributed by atoms with E-state index in [0.29, 0.717) is 19.3 Å². The molecule has 0 radical (unpaired) electrons. The average Bonchev–Trinajstić information content (AvgIpc) is 3.50. The minimum atomic E-state index is -4.77. The zero-order valence-electron chi connectivity index (χ0n) is 53.0. The predicted molar refractivity (Wildman–Crippen MR) is 344 cm³/mol. The molecule has 11 nitrogen and oxygen atoms in total. The highest BCUT2D eigenvalue weighted by molar-refractivity contribution is 7.47. The van der Waals surface area contributed by atoms with E-state index < -0.39 is 57.8 Å². The van der Waals surface area contributed by atoms with E-state index in [-0.39, 0.29) is 25.9 Å². The van der Waals surface area contributed by atoms with Crippen LogP contribution < -0.4 is 0 Å². The van der Waals surface area contributed by atoms with E-state index in [2.05, 4.69) is 81.5 Å². The number of rotatable bonds is 63. The Bertz CT molecular complexity index is 1650. The number of phosphoric acid groups is 1. The fourth-order valence-corrected chi connectivity index (χ4v) is 10.3. The van der Waals surface area contributed by atoms with Crippen LogP contribution in [0.2, 0.25) is 0 Å². The number of carbonyl (C=O) groups excluding carboxylic acids is 3. The Morgan fingerprint density at radius 3 is 0.976 bits per heavy atom. The number of allylic oxidation sites excluding steroid dienone is 12. The second-order valence-corrected chi connectivity index (χ2v) is 24.1. The van der Waals surface area contributed by atoms with Crippen LogP contribution in [0.3, 0.4) is 0 Å². The molecule has 0 aromatic carbocycles. The first-order chi connectivity index (χ1) is 40.2. The molecule has 3 atom stereocenters. The van der Waals surface area contributed by atoms with Crippen molar-refractivity contribution in [3.63, 3.8) is 0 Å². The van der Waals surface area contributed by atoms with Crippen molar-refractivity contribution in [1.82, 2.24) is 0 Å². The normalized spacial score (nSPS) is 13.7. The Morgan fingerprint density at radius 1 is 0.354 bits per heavy atom. The van der Waals surface area contributed by atoms with Gasteiger partial charge in [0.1, 0.15) is 12.7 Å². The number of aliphatic hydroxyl groups excluding tert-OH is 1. The van der Waals surface area contributed by atoms with Gasteiger partial charge in [-0.05, 0) is 57.8 Å². The Morgan fingerprint density at radius 2 is 0.634 bits per heavy atom. The number of ether oxygens (including phenoxy) is 3. The number of phosphoric ester groups is 1. The van der Waals surface area contributed by atoms with Gasteiger partial charge in [-0.3, -0.25) is 23.4 Å². The summed E-state index contributed by atoms with van der Waals surface area (Å²) < 4.78 is 39.7. The molecule has 0 saturated heterocycles. The molecule has 476 valence electrons. The summed E-state index contributed by atoms with van der Waals surface area (Å²) in [6, 6.07) is 0. The molecule has 12 heteroatoms. The first-order valence-corrected chi connectivity index (χ1v) is 35.3. The zero-order chi connectivity index (χ0) is 59.8. The van der Waals surface area contributed by atoms with E-state index in [1.165, 1.54) is 180 Å². The van der Waals surface area contributed by atoms with Crippen LogP contribution in [0.5, 0.6) is 0 Å². The summed E-state index contributed by atoms with van der Waals surface area (Å²) in [5.74, 6) is -1.55. The Labute approximate surface area is 503 Å². The molecule has 0 aromatic heterocycles. The van der Waals surface area contributed by atoms with Gasteiger partial charge in [0.25, 0.3) is 0 Å². The van der Waals surface area contributed by atoms with Crippen molar-refractivity contribution in [2.75, 3.05) is 26.4 Å². The molecule has 0 saturated carbocycles. The molecule has 3 unspecified atom stereocenters. The zero-order valence-corrected chi connectivity index (χ0v) is 53.8. The van der Waals surface area contributed by atoms with Gasteiger partial charge >= 0.3 is 25.7 Å². The van der Waals surface area contributed by atoms with Gasteiger partial charge in [-0.25, -0.2) is 4.57 Å². The molecule has 0 bridgehead atoms. The van der Waals surface area contributed by atoms with Gasteiger partial charge in [0, 0.05) is 19.3 Å². The van der Waals surface area contributed by atoms with Crippen LogP contribution in [0, 0.1) is 0 Å². The average molecular weight is 1170 g/mol. The number of carbonyl (C=O) groups is 3. The lowest BCUT2D eigenvalue weighted by molar-refractivity contribution is -0.161. The summed E-state index contributed by atoms with van der Waals surface area (Å²) in [6.45, 7) is 4.52. The number of hydrogen-bond donors (Lipinski definition) is 2. The van der Waals surface area contributed by atoms with Crippen molar-refractivity contribution < 1.29 is 52.2 Å². The van der Waals surface area contributed by atoms with Crippen molar-refractivity contribution in [1.29, 1.82) is 0 Å². The van der Waals surface area contributed by atoms with Gasteiger partial charge in [-0.15, -0.1) is 0 Å². The molecule has 0 aliphatic rings. The highest BCUT2D eigenvalue weighted by Gasteiger charge is 2.28. The van der Waals surface area contributed by atoms with E-state index in [9.17, 15) is 28.9 Å². The minimum Gasteiger partial charge on any atom is -0.462 e. The quantitative estimate of drug-likeness (QED) is 0.0197. The monoisotopic (exact) mass is 1170 g/mol. The molecule has 0 aliphatic heterocycles. The van der Waals surface area contributed by atoms with Crippen LogP contribution in [0.25, 0.3) is 0 Å². The third-order valence-corrected chi connectivity index (χ3v) is 15.6. The minimum absolute atomic E-state index is 0.0439. The van der Waals surface area contributed by atoms with Crippen molar-refractivity contribution in [3.8, 4) is 0 Å². The standard InChI is InChI=1S/C70H125O11P/c1-4-7-10-13-16-19-22-25-28-31-33-36-38-41-44-47-50-53-56-59-68(72)77-63-67(81-70(74)61-58-55-52-49-46-43-40-37-34-32-29-26-23-20-17-14-11-8-5-2)65-79-82(75,76)78-64-66(62-71)80-69(73)60-57-54-51-48-45-42-39-35-30-27-24-21-18-15-12-9-6-3/h8,11,17,20,26,29,34,37,43,46,52,55,66-67,71H,4-7,9-10,12-16,18-19,21-25,27-28,30-33,35-36,38-42,44-45,47-51,53-54,56-65H2,1-3H3,(H,75,76)/b11-8-,20-17-,29-26-,37-34-,46-43-,55-52-. The third kappa shape index (κ3) is 61.5. The van der Waals surface area contributed by atoms with Crippen molar-refractivity contribution in [3.05, 3.63) is 72.9 Å². The van der Waals surface area contributed by atoms with E-state index >= 15 is 0 Å². The van der Waals surface area contributed by atoms with Crippen LogP contribution in [0.15, 0.2) is 72.9 Å². The lowest BCUT2D eigenvalue weighted by Crippen LogP contribution is -2.30. The maximum absolute atomic E-state index is 13.0. The molecule has 0 amide bonds. The van der Waals surface area contributed by atoms with Crippen LogP contribution in [0.4, 0.5) is 0 Å². The van der Waals surface area contributed by atoms with Crippen LogP contribution in [-0.2, 0) is 42.2 Å². The molecule has 0 fully saturated rings. The Kier molecular flexibility index (Phi) is 61.5. The largest absolute Gasteiger partial charge is 0.472 e. The van der Waals surface area contributed by atoms with Crippen LogP contribution in [0.1, 0.15) is 316 Å². The Hall–Kier alpha value is -3.08. The summed E-state index contributed by atoms with van der Waals surface area (Å²) in [5.41, 5.74) is 0. The molecule has 2 N–H and O–H groups in total. The second kappa shape index (κ2) is 63.9. The molecule has 82 heavy (non-hydrogen) atoms. The number of hydrogen-bond acceptors (Lipinski definition) is 10. The van der Waals surface area contributed by atoms with Gasteiger partial charge in [0.05, 0.1) is 19.8 Å². The number of aliphatic hydroxyl groups is 1. The summed E-state index contributed by atoms with van der Waals surface area (Å²) >= 11 is 0. The maximum Gasteiger partial charge on any atom is 0.472 e. The smallest absolute Gasteiger partial charge is 0.462 e. The predicted octanol–water partition coefficient (Wildman–Crippen LogP) is 20.8. The lowest BCUT2D eigenvalue weighted by Gasteiger charge is -2.21. The van der Waals surface area contributed by atoms with Gasteiger partial charge in [-0.2, -0.15) is 0 Å². The maximum atomic E-state index is 13.0. The fourth-order valence-electron chi connectivity index (χ4n) is 9.56. The molecule has 0 aromatic rings. The molecule has 0 spiro atoms. The van der Waals surface area contributed by atoms with Gasteiger partial charge in [0.15, 0.2) is 6.10 Å². The lowest BCUT2D eigenvalue weighted by atomic mass is 10.0. The van der Waals surface area contributed by atoms with E-state index in [1.54, 1.807) is 0 Å². The van der Waals surface area contributed by atoms with Crippen LogP contribution >= 0.6 is 7.82 Å². The van der Waals surface area contributed by atoms with E-state index in [0.717, 1.165) is 77.0 Å². The third-order valence-electron chi connectivity index (χ3n) is 14.7. The van der Waals surface area contributed by atoms with Gasteiger partial charge in [-0.1, -0.05) is 312 Å². The van der Waals surface area contributed by atoms with E-state index in [1.807, 2.05) is 12.2 Å². The number of esters is 3. The SMILES string of the molecule is CC/C=C\C/C=C\C/C=C\C/C=C\C/C=C\C/C=C\CCC(=O)OC(COC(=O)CCCCCCCCCCCCCCCCCCCCC)COP(=O)(O)OCC(CO)OC(=O)CCCCCCCCCCCCCCCCCCC. The highest BCUT2D eigenvalue weighted by atomic mass is 31.2. The second-order valence-electron chi connectivity index (χ2n) is 22.6. The molecular formula is C70H125O11P. The topological polar surface area (TPSA) is 155 Å².